The molecule has 2 rings (SSSR count). The molecule has 176 valence electrons. The quantitative estimate of drug-likeness (QED) is 0.164. The van der Waals surface area contributed by atoms with Crippen molar-refractivity contribution in [2.24, 2.45) is 0 Å². The van der Waals surface area contributed by atoms with E-state index in [9.17, 15) is 43.9 Å². The molecule has 30 heavy (non-hydrogen) atoms. The van der Waals surface area contributed by atoms with Crippen molar-refractivity contribution in [3.63, 3.8) is 0 Å². The summed E-state index contributed by atoms with van der Waals surface area (Å²) in [5, 5.41) is 62.1. The highest BCUT2D eigenvalue weighted by molar-refractivity contribution is 7.80. The number of carbonyl (C=O) groups is 1. The van der Waals surface area contributed by atoms with E-state index in [1.165, 1.54) is 0 Å². The van der Waals surface area contributed by atoms with Gasteiger partial charge in [0.25, 0.3) is 0 Å². The molecule has 2 saturated heterocycles. The van der Waals surface area contributed by atoms with E-state index < -0.39 is 90.9 Å². The van der Waals surface area contributed by atoms with Crippen LogP contribution in [0.15, 0.2) is 0 Å². The van der Waals surface area contributed by atoms with Gasteiger partial charge in [0, 0.05) is 6.92 Å². The SMILES string of the molecule is CC(=O)N[C@@H]1[C@@H](O[C@@H]2O[C@H](COS(=O)(=O)O)[C@@H](O)[C@H](O)[C@H]2O)[C@H](O)[C@@H](CO)O[C@H]1O. The molecule has 16 heteroatoms. The summed E-state index contributed by atoms with van der Waals surface area (Å²) in [6.07, 6.45) is -15.4. The van der Waals surface area contributed by atoms with Crippen LogP contribution in [0.3, 0.4) is 0 Å². The molecule has 0 saturated carbocycles. The number of nitrogens with one attached hydrogen (secondary N) is 1. The third-order valence-electron chi connectivity index (χ3n) is 4.58. The minimum Gasteiger partial charge on any atom is -0.394 e. The van der Waals surface area contributed by atoms with Crippen LogP contribution < -0.4 is 5.32 Å². The second kappa shape index (κ2) is 10.1. The van der Waals surface area contributed by atoms with Crippen molar-refractivity contribution in [2.75, 3.05) is 13.2 Å². The van der Waals surface area contributed by atoms with Crippen molar-refractivity contribution in [3.8, 4) is 0 Å². The Bertz CT molecular complexity index is 690. The van der Waals surface area contributed by atoms with Crippen LogP contribution >= 0.6 is 0 Å². The van der Waals surface area contributed by atoms with Gasteiger partial charge in [0.05, 0.1) is 13.2 Å². The van der Waals surface area contributed by atoms with Gasteiger partial charge in [-0.05, 0) is 0 Å². The molecule has 0 radical (unpaired) electrons. The number of aliphatic hydroxyl groups excluding tert-OH is 6. The van der Waals surface area contributed by atoms with Crippen molar-refractivity contribution in [1.29, 1.82) is 0 Å². The molecule has 2 fully saturated rings. The molecule has 0 unspecified atom stereocenters. The third-order valence-corrected chi connectivity index (χ3v) is 5.02. The molecule has 2 heterocycles. The Labute approximate surface area is 170 Å². The van der Waals surface area contributed by atoms with Crippen molar-refractivity contribution in [1.82, 2.24) is 5.32 Å². The van der Waals surface area contributed by atoms with Crippen LogP contribution in [-0.4, -0.2) is 124 Å². The van der Waals surface area contributed by atoms with Crippen LogP contribution in [0, 0.1) is 0 Å². The molecule has 2 aliphatic heterocycles. The Morgan fingerprint density at radius 2 is 1.63 bits per heavy atom. The lowest BCUT2D eigenvalue weighted by Gasteiger charge is -2.46. The highest BCUT2D eigenvalue weighted by Gasteiger charge is 2.51. The molecule has 0 aromatic carbocycles. The summed E-state index contributed by atoms with van der Waals surface area (Å²) in [7, 11) is -4.91. The molecule has 0 spiro atoms. The lowest BCUT2D eigenvalue weighted by Crippen LogP contribution is -2.67. The predicted molar refractivity (Wildman–Crippen MR) is 90.6 cm³/mol. The van der Waals surface area contributed by atoms with E-state index in [0.29, 0.717) is 0 Å². The lowest BCUT2D eigenvalue weighted by atomic mass is 9.95. The van der Waals surface area contributed by atoms with Gasteiger partial charge in [-0.15, -0.1) is 0 Å². The van der Waals surface area contributed by atoms with E-state index >= 15 is 0 Å². The van der Waals surface area contributed by atoms with Gasteiger partial charge in [0.15, 0.2) is 12.6 Å². The number of ether oxygens (including phenoxy) is 3. The second-order valence-electron chi connectivity index (χ2n) is 6.79. The van der Waals surface area contributed by atoms with E-state index in [2.05, 4.69) is 9.50 Å². The molecule has 2 aliphatic rings. The Hall–Kier alpha value is -1.02. The van der Waals surface area contributed by atoms with Gasteiger partial charge in [-0.3, -0.25) is 9.35 Å². The molecular weight excluding hydrogens is 438 g/mol. The number of hydrogen-bond acceptors (Lipinski definition) is 13. The number of amides is 1. The lowest BCUT2D eigenvalue weighted by molar-refractivity contribution is -0.341. The number of rotatable bonds is 7. The van der Waals surface area contributed by atoms with Gasteiger partial charge in [0.1, 0.15) is 48.8 Å². The molecule has 0 aliphatic carbocycles. The fourth-order valence-corrected chi connectivity index (χ4v) is 3.42. The van der Waals surface area contributed by atoms with Crippen molar-refractivity contribution < 1.29 is 66.8 Å². The fourth-order valence-electron chi connectivity index (χ4n) is 3.11. The average Bonchev–Trinajstić information content (AvgIpc) is 2.65. The summed E-state index contributed by atoms with van der Waals surface area (Å²) >= 11 is 0. The van der Waals surface area contributed by atoms with E-state index in [0.717, 1.165) is 6.92 Å². The van der Waals surface area contributed by atoms with Gasteiger partial charge < -0.3 is 50.2 Å². The van der Waals surface area contributed by atoms with Gasteiger partial charge in [-0.25, -0.2) is 4.18 Å². The van der Waals surface area contributed by atoms with Crippen LogP contribution in [0.4, 0.5) is 0 Å². The molecule has 15 nitrogen and oxygen atoms in total. The predicted octanol–water partition coefficient (Wildman–Crippen LogP) is -5.43. The zero-order valence-corrected chi connectivity index (χ0v) is 16.4. The largest absolute Gasteiger partial charge is 0.397 e. The molecule has 1 amide bonds. The zero-order valence-electron chi connectivity index (χ0n) is 15.6. The first kappa shape index (κ1) is 25.2. The van der Waals surface area contributed by atoms with Crippen LogP contribution in [-0.2, 0) is 33.6 Å². The summed E-state index contributed by atoms with van der Waals surface area (Å²) in [5.74, 6) is -0.647. The summed E-state index contributed by atoms with van der Waals surface area (Å²) in [6, 6.07) is -1.40. The standard InChI is InChI=1S/C14H25NO14S/c1-4(17)15-7-12(9(19)5(2-16)27-13(7)22)29-14-11(21)10(20)8(18)6(28-14)3-26-30(23,24)25/h5-14,16,18-22H,2-3H2,1H3,(H,15,17)(H,23,24,25)/t5-,6-,7-,8-,9-,10+,11-,12-,13-,14+/m1/s1. The Balaban J connectivity index is 2.22. The summed E-state index contributed by atoms with van der Waals surface area (Å²) in [4.78, 5) is 11.4. The molecule has 10 atom stereocenters. The first-order chi connectivity index (χ1) is 13.9. The normalized spacial score (nSPS) is 42.7. The minimum atomic E-state index is -4.91. The second-order valence-corrected chi connectivity index (χ2v) is 7.88. The first-order valence-corrected chi connectivity index (χ1v) is 10.1. The maximum absolute atomic E-state index is 11.4. The van der Waals surface area contributed by atoms with Crippen molar-refractivity contribution in [3.05, 3.63) is 0 Å². The molecular formula is C14H25NO14S. The van der Waals surface area contributed by atoms with Crippen molar-refractivity contribution >= 4 is 16.3 Å². The monoisotopic (exact) mass is 463 g/mol. The Kier molecular flexibility index (Phi) is 8.47. The molecule has 8 N–H and O–H groups in total. The van der Waals surface area contributed by atoms with Gasteiger partial charge in [-0.1, -0.05) is 0 Å². The van der Waals surface area contributed by atoms with Gasteiger partial charge in [-0.2, -0.15) is 8.42 Å². The number of hydrogen-bond donors (Lipinski definition) is 8. The molecule has 0 aromatic heterocycles. The molecule has 0 bridgehead atoms. The third kappa shape index (κ3) is 6.02. The van der Waals surface area contributed by atoms with Crippen LogP contribution in [0.5, 0.6) is 0 Å². The minimum absolute atomic E-state index is 0.647. The topological polar surface area (TPSA) is 242 Å². The smallest absolute Gasteiger partial charge is 0.394 e. The van der Waals surface area contributed by atoms with E-state index in [-0.39, 0.29) is 0 Å². The fraction of sp³-hybridized carbons (Fsp3) is 0.929. The summed E-state index contributed by atoms with van der Waals surface area (Å²) < 4.78 is 49.8. The highest BCUT2D eigenvalue weighted by atomic mass is 32.3. The maximum atomic E-state index is 11.4. The van der Waals surface area contributed by atoms with Gasteiger partial charge >= 0.3 is 10.4 Å². The summed E-state index contributed by atoms with van der Waals surface area (Å²) in [6.45, 7) is -0.606. The van der Waals surface area contributed by atoms with Crippen molar-refractivity contribution in [2.45, 2.75) is 68.3 Å². The van der Waals surface area contributed by atoms with E-state index in [1.54, 1.807) is 0 Å². The Morgan fingerprint density at radius 1 is 1.00 bits per heavy atom. The molecule has 0 aromatic rings. The van der Waals surface area contributed by atoms with Crippen LogP contribution in [0.1, 0.15) is 6.92 Å². The number of aliphatic hydroxyl groups is 6. The maximum Gasteiger partial charge on any atom is 0.397 e. The Morgan fingerprint density at radius 3 is 2.17 bits per heavy atom. The average molecular weight is 463 g/mol. The first-order valence-electron chi connectivity index (χ1n) is 8.72. The van der Waals surface area contributed by atoms with E-state index in [1.807, 2.05) is 0 Å². The highest BCUT2D eigenvalue weighted by Crippen LogP contribution is 2.29. The van der Waals surface area contributed by atoms with Crippen LogP contribution in [0.25, 0.3) is 0 Å². The van der Waals surface area contributed by atoms with Gasteiger partial charge in [0.2, 0.25) is 5.91 Å². The zero-order chi connectivity index (χ0) is 22.8. The number of carbonyl (C=O) groups excluding carboxylic acids is 1. The van der Waals surface area contributed by atoms with Crippen LogP contribution in [0.2, 0.25) is 0 Å². The van der Waals surface area contributed by atoms with E-state index in [4.69, 9.17) is 18.8 Å². The summed E-state index contributed by atoms with van der Waals surface area (Å²) in [5.41, 5.74) is 0.